The number of benzene rings is 2. The lowest BCUT2D eigenvalue weighted by Crippen LogP contribution is -2.52. The van der Waals surface area contributed by atoms with E-state index in [2.05, 4.69) is 15.0 Å². The Hall–Kier alpha value is -4.37. The van der Waals surface area contributed by atoms with Gasteiger partial charge in [-0.25, -0.2) is 12.8 Å². The van der Waals surface area contributed by atoms with Gasteiger partial charge in [0.1, 0.15) is 17.6 Å². The third-order valence-electron chi connectivity index (χ3n) is 8.47. The van der Waals surface area contributed by atoms with Crippen molar-refractivity contribution in [1.29, 1.82) is 0 Å². The molecule has 2 amide bonds. The van der Waals surface area contributed by atoms with E-state index in [9.17, 15) is 36.0 Å². The highest BCUT2D eigenvalue weighted by Gasteiger charge is 2.33. The zero-order valence-corrected chi connectivity index (χ0v) is 26.8. The number of aromatic nitrogens is 1. The average Bonchev–Trinajstić information content (AvgIpc) is 3.05. The molecule has 0 radical (unpaired) electrons. The molecular formula is C33H34F4N4O6S. The van der Waals surface area contributed by atoms with E-state index in [4.69, 9.17) is 0 Å². The zero-order valence-electron chi connectivity index (χ0n) is 26.0. The van der Waals surface area contributed by atoms with Crippen molar-refractivity contribution in [3.8, 4) is 5.75 Å². The third kappa shape index (κ3) is 8.95. The molecular weight excluding hydrogens is 656 g/mol. The summed E-state index contributed by atoms with van der Waals surface area (Å²) in [6, 6.07) is 13.3. The van der Waals surface area contributed by atoms with Gasteiger partial charge in [0.25, 0.3) is 11.8 Å². The van der Waals surface area contributed by atoms with Crippen LogP contribution in [0.15, 0.2) is 71.8 Å². The molecule has 48 heavy (non-hydrogen) atoms. The van der Waals surface area contributed by atoms with E-state index in [0.717, 1.165) is 6.26 Å². The Labute approximate surface area is 275 Å². The van der Waals surface area contributed by atoms with Crippen LogP contribution in [0, 0.1) is 5.92 Å². The number of halogens is 4. The number of nitrogens with one attached hydrogen (secondary N) is 1. The zero-order chi connectivity index (χ0) is 34.6. The second kappa shape index (κ2) is 14.4. The predicted molar refractivity (Wildman–Crippen MR) is 166 cm³/mol. The van der Waals surface area contributed by atoms with Crippen LogP contribution in [0.1, 0.15) is 56.0 Å². The lowest BCUT2D eigenvalue weighted by Gasteiger charge is -2.35. The molecule has 2 unspecified atom stereocenters. The first-order valence-electron chi connectivity index (χ1n) is 15.3. The molecule has 0 saturated carbocycles. The van der Waals surface area contributed by atoms with Crippen LogP contribution in [-0.2, 0) is 16.4 Å². The van der Waals surface area contributed by atoms with Crippen LogP contribution in [0.25, 0.3) is 0 Å². The van der Waals surface area contributed by atoms with Crippen LogP contribution in [0.4, 0.5) is 17.6 Å². The molecule has 1 N–H and O–H groups in total. The number of amides is 2. The molecule has 2 atom stereocenters. The summed E-state index contributed by atoms with van der Waals surface area (Å²) in [5, 5.41) is 2.67. The number of Topliss-reactive ketones (excluding diaryl/α,β-unsaturated/α-hetero) is 1. The summed E-state index contributed by atoms with van der Waals surface area (Å²) in [6.07, 6.45) is -2.59. The van der Waals surface area contributed by atoms with E-state index in [1.807, 2.05) is 4.90 Å². The van der Waals surface area contributed by atoms with Gasteiger partial charge in [-0.2, -0.15) is 0 Å². The van der Waals surface area contributed by atoms with Crippen molar-refractivity contribution in [2.75, 3.05) is 32.4 Å². The van der Waals surface area contributed by atoms with Crippen LogP contribution >= 0.6 is 0 Å². The Morgan fingerprint density at radius 1 is 0.917 bits per heavy atom. The van der Waals surface area contributed by atoms with Gasteiger partial charge >= 0.3 is 6.36 Å². The summed E-state index contributed by atoms with van der Waals surface area (Å²) in [5.74, 6) is -1.62. The predicted octanol–water partition coefficient (Wildman–Crippen LogP) is 4.46. The van der Waals surface area contributed by atoms with Crippen LogP contribution in [0.2, 0.25) is 0 Å². The molecule has 2 aliphatic rings. The molecule has 5 rings (SSSR count). The Morgan fingerprint density at radius 2 is 1.56 bits per heavy atom. The number of hydrogen-bond donors (Lipinski definition) is 1. The maximum absolute atomic E-state index is 15.0. The fraction of sp³-hybridized carbons (Fsp3) is 0.394. The van der Waals surface area contributed by atoms with Crippen molar-refractivity contribution in [1.82, 2.24) is 20.1 Å². The molecule has 256 valence electrons. The van der Waals surface area contributed by atoms with Crippen LogP contribution in [0.3, 0.4) is 0 Å². The minimum atomic E-state index is -4.78. The van der Waals surface area contributed by atoms with E-state index >= 15 is 4.39 Å². The minimum Gasteiger partial charge on any atom is -0.406 e. The molecule has 15 heteroatoms. The number of ketones is 1. The van der Waals surface area contributed by atoms with Crippen molar-refractivity contribution in [3.05, 3.63) is 89.2 Å². The Bertz CT molecular complexity index is 1730. The maximum atomic E-state index is 15.0. The summed E-state index contributed by atoms with van der Waals surface area (Å²) < 4.78 is 79.4. The largest absolute Gasteiger partial charge is 0.573 e. The number of alkyl halides is 4. The van der Waals surface area contributed by atoms with Gasteiger partial charge in [0.15, 0.2) is 15.6 Å². The van der Waals surface area contributed by atoms with Crippen LogP contribution < -0.4 is 10.1 Å². The van der Waals surface area contributed by atoms with Gasteiger partial charge in [0, 0.05) is 56.7 Å². The van der Waals surface area contributed by atoms with Gasteiger partial charge in [0.2, 0.25) is 0 Å². The maximum Gasteiger partial charge on any atom is 0.573 e. The first-order chi connectivity index (χ1) is 22.7. The van der Waals surface area contributed by atoms with Crippen molar-refractivity contribution in [3.63, 3.8) is 0 Å². The number of pyridine rings is 1. The number of carbonyl (C=O) groups excluding carboxylic acids is 3. The fourth-order valence-electron chi connectivity index (χ4n) is 5.86. The van der Waals surface area contributed by atoms with Crippen molar-refractivity contribution < 1.29 is 45.1 Å². The number of likely N-dealkylation sites (tertiary alicyclic amines) is 2. The van der Waals surface area contributed by atoms with E-state index in [-0.39, 0.29) is 46.1 Å². The Morgan fingerprint density at radius 3 is 2.12 bits per heavy atom. The second-order valence-electron chi connectivity index (χ2n) is 12.0. The molecule has 3 heterocycles. The number of nitrogens with zero attached hydrogens (tertiary/aromatic N) is 3. The minimum absolute atomic E-state index is 0.0182. The monoisotopic (exact) mass is 690 g/mol. The lowest BCUT2D eigenvalue weighted by atomic mass is 9.88. The van der Waals surface area contributed by atoms with E-state index in [1.165, 1.54) is 66.9 Å². The van der Waals surface area contributed by atoms with Crippen LogP contribution in [-0.4, -0.2) is 91.8 Å². The van der Waals surface area contributed by atoms with Gasteiger partial charge in [-0.1, -0.05) is 24.3 Å². The molecule has 2 aliphatic heterocycles. The Kier molecular flexibility index (Phi) is 10.5. The molecule has 0 bridgehead atoms. The van der Waals surface area contributed by atoms with Gasteiger partial charge < -0.3 is 15.0 Å². The second-order valence-corrected chi connectivity index (χ2v) is 14.0. The quantitative estimate of drug-likeness (QED) is 0.258. The van der Waals surface area contributed by atoms with Gasteiger partial charge in [-0.05, 0) is 61.2 Å². The number of hydrogen-bond acceptors (Lipinski definition) is 8. The number of carbonyl (C=O) groups is 3. The molecule has 1 aromatic heterocycles. The smallest absolute Gasteiger partial charge is 0.406 e. The highest BCUT2D eigenvalue weighted by Crippen LogP contribution is 2.26. The number of rotatable bonds is 9. The van der Waals surface area contributed by atoms with Gasteiger partial charge in [0.05, 0.1) is 16.5 Å². The van der Waals surface area contributed by atoms with Gasteiger partial charge in [-0.3, -0.25) is 24.3 Å². The van der Waals surface area contributed by atoms with E-state index in [0.29, 0.717) is 56.6 Å². The first kappa shape index (κ1) is 35.0. The number of piperidine rings is 2. The normalized spacial score (nSPS) is 19.5. The summed E-state index contributed by atoms with van der Waals surface area (Å²) in [6.45, 7) is 1.47. The standard InChI is InChI=1S/C33H34F4N4O6S/c1-48(45,46)26-9-4-22(5-10-26)30(42)23-12-16-41(17-13-23)32(44)24-6-11-29(38-18-24)31(43)39-28-14-15-40(20-27(28)34)19-21-2-7-25(8-3-21)47-33(35,36)37/h2-11,18,23,27-28H,12-17,19-20H2,1H3,(H,39,43). The molecule has 10 nitrogen and oxygen atoms in total. The van der Waals surface area contributed by atoms with E-state index < -0.39 is 34.3 Å². The van der Waals surface area contributed by atoms with E-state index in [1.54, 1.807) is 4.90 Å². The lowest BCUT2D eigenvalue weighted by molar-refractivity contribution is -0.274. The van der Waals surface area contributed by atoms with Crippen molar-refractivity contribution in [2.45, 2.75) is 49.3 Å². The fourth-order valence-corrected chi connectivity index (χ4v) is 6.49. The molecule has 2 aromatic carbocycles. The molecule has 0 aliphatic carbocycles. The van der Waals surface area contributed by atoms with Crippen LogP contribution in [0.5, 0.6) is 5.75 Å². The highest BCUT2D eigenvalue weighted by molar-refractivity contribution is 7.90. The molecule has 0 spiro atoms. The molecule has 3 aromatic rings. The van der Waals surface area contributed by atoms with Crippen molar-refractivity contribution >= 4 is 27.4 Å². The first-order valence-corrected chi connectivity index (χ1v) is 17.2. The Balaban J connectivity index is 1.07. The highest BCUT2D eigenvalue weighted by atomic mass is 32.2. The molecule has 2 saturated heterocycles. The SMILES string of the molecule is CS(=O)(=O)c1ccc(C(=O)C2CCN(C(=O)c3ccc(C(=O)NC4CCN(Cc5ccc(OC(F)(F)F)cc5)CC4F)nc3)CC2)cc1. The average molecular weight is 691 g/mol. The van der Waals surface area contributed by atoms with Crippen molar-refractivity contribution in [2.24, 2.45) is 5.92 Å². The van der Waals surface area contributed by atoms with Gasteiger partial charge in [-0.15, -0.1) is 13.2 Å². The number of sulfone groups is 1. The topological polar surface area (TPSA) is 126 Å². The summed E-state index contributed by atoms with van der Waals surface area (Å²) in [4.78, 5) is 46.5. The third-order valence-corrected chi connectivity index (χ3v) is 9.60. The molecule has 2 fully saturated rings. The summed E-state index contributed by atoms with van der Waals surface area (Å²) >= 11 is 0. The summed E-state index contributed by atoms with van der Waals surface area (Å²) in [5.41, 5.74) is 1.40. The summed E-state index contributed by atoms with van der Waals surface area (Å²) in [7, 11) is -3.37. The number of ether oxygens (including phenoxy) is 1.